The molecule has 1 aromatic heterocycles. The minimum atomic E-state index is -0.280. The molecule has 0 atom stereocenters. The fraction of sp³-hybridized carbons (Fsp3) is 0.243. The minimum Gasteiger partial charge on any atom is -0.497 e. The van der Waals surface area contributed by atoms with E-state index in [0.29, 0.717) is 31.1 Å². The van der Waals surface area contributed by atoms with Crippen molar-refractivity contribution >= 4 is 22.5 Å². The van der Waals surface area contributed by atoms with Crippen LogP contribution in [0.5, 0.6) is 5.75 Å². The summed E-state index contributed by atoms with van der Waals surface area (Å²) in [6, 6.07) is 31.4. The van der Waals surface area contributed by atoms with E-state index in [1.165, 1.54) is 23.3 Å². The molecule has 6 rings (SSSR count). The number of aryl methyl sites for hydroxylation is 2. The molecular formula is C37H36FN3O2. The topological polar surface area (TPSA) is 54.5 Å². The van der Waals surface area contributed by atoms with Crippen molar-refractivity contribution in [2.24, 2.45) is 0 Å². The zero-order chi connectivity index (χ0) is 29.6. The lowest BCUT2D eigenvalue weighted by Crippen LogP contribution is -2.38. The zero-order valence-electron chi connectivity index (χ0n) is 24.4. The maximum absolute atomic E-state index is 14.0. The summed E-state index contributed by atoms with van der Waals surface area (Å²) >= 11 is 0. The number of carbonyl (C=O) groups is 1. The highest BCUT2D eigenvalue weighted by atomic mass is 19.1. The van der Waals surface area contributed by atoms with Crippen LogP contribution in [0.1, 0.15) is 51.4 Å². The summed E-state index contributed by atoms with van der Waals surface area (Å²) in [6.07, 6.45) is 5.24. The van der Waals surface area contributed by atoms with Crippen molar-refractivity contribution in [3.63, 3.8) is 0 Å². The average molecular weight is 574 g/mol. The van der Waals surface area contributed by atoms with Crippen LogP contribution >= 0.6 is 0 Å². The number of para-hydroxylation sites is 1. The fourth-order valence-corrected chi connectivity index (χ4v) is 6.06. The number of piperidine rings is 1. The summed E-state index contributed by atoms with van der Waals surface area (Å²) in [4.78, 5) is 20.8. The van der Waals surface area contributed by atoms with Gasteiger partial charge in [0.05, 0.1) is 23.9 Å². The minimum absolute atomic E-state index is 0.0220. The molecule has 5 aromatic rings. The third-order valence-corrected chi connectivity index (χ3v) is 8.46. The second-order valence-corrected chi connectivity index (χ2v) is 11.2. The van der Waals surface area contributed by atoms with E-state index < -0.39 is 0 Å². The monoisotopic (exact) mass is 573 g/mol. The van der Waals surface area contributed by atoms with Crippen LogP contribution in [0.25, 0.3) is 10.9 Å². The van der Waals surface area contributed by atoms with Crippen molar-refractivity contribution in [2.75, 3.05) is 25.5 Å². The molecule has 0 radical (unpaired) electrons. The summed E-state index contributed by atoms with van der Waals surface area (Å²) in [5, 5.41) is 4.40. The number of fused-ring (bicyclic) bond motifs is 1. The van der Waals surface area contributed by atoms with Crippen molar-refractivity contribution in [1.29, 1.82) is 0 Å². The van der Waals surface area contributed by atoms with Crippen LogP contribution in [-0.4, -0.2) is 36.0 Å². The Morgan fingerprint density at radius 1 is 0.907 bits per heavy atom. The number of anilines is 1. The van der Waals surface area contributed by atoms with Crippen LogP contribution in [-0.2, 0) is 19.4 Å². The number of methoxy groups -OCH3 is 1. The quantitative estimate of drug-likeness (QED) is 0.196. The molecule has 218 valence electrons. The van der Waals surface area contributed by atoms with Crippen molar-refractivity contribution < 1.29 is 13.9 Å². The number of likely N-dealkylation sites (tertiary alicyclic amines) is 1. The predicted molar refractivity (Wildman–Crippen MR) is 170 cm³/mol. The summed E-state index contributed by atoms with van der Waals surface area (Å²) in [5.74, 6) is 0.994. The number of aromatic nitrogens is 1. The molecule has 5 nitrogen and oxygen atoms in total. The number of benzene rings is 4. The maximum atomic E-state index is 14.0. The normalized spacial score (nSPS) is 13.7. The number of halogens is 1. The maximum Gasteiger partial charge on any atom is 0.257 e. The molecule has 1 aliphatic heterocycles. The summed E-state index contributed by atoms with van der Waals surface area (Å²) in [6.45, 7) is 1.78. The standard InChI is InChI=1S/C37H36FN3O2/c1-43-32-17-14-26(15-18-32)13-16-30-10-6-12-33-35(30)40-25-34(36(33)39-24-27-7-5-11-31(38)23-27)37(42)41-21-19-29(20-22-41)28-8-3-2-4-9-28/h2-12,14-15,17-18,23,25,29H,13,16,19-22,24H2,1H3,(H,39,40). The van der Waals surface area contributed by atoms with Gasteiger partial charge in [-0.3, -0.25) is 9.78 Å². The first-order valence-corrected chi connectivity index (χ1v) is 14.9. The van der Waals surface area contributed by atoms with Crippen LogP contribution in [0.4, 0.5) is 10.1 Å². The van der Waals surface area contributed by atoms with E-state index in [1.807, 2.05) is 41.3 Å². The number of hydrogen-bond acceptors (Lipinski definition) is 4. The lowest BCUT2D eigenvalue weighted by atomic mass is 9.89. The predicted octanol–water partition coefficient (Wildman–Crippen LogP) is 7.80. The zero-order valence-corrected chi connectivity index (χ0v) is 24.4. The van der Waals surface area contributed by atoms with Gasteiger partial charge in [0, 0.05) is 31.2 Å². The fourth-order valence-electron chi connectivity index (χ4n) is 6.06. The van der Waals surface area contributed by atoms with E-state index in [0.717, 1.165) is 59.2 Å². The summed E-state index contributed by atoms with van der Waals surface area (Å²) in [7, 11) is 1.67. The Balaban J connectivity index is 1.28. The Kier molecular flexibility index (Phi) is 8.64. The molecule has 2 heterocycles. The van der Waals surface area contributed by atoms with Gasteiger partial charge in [0.2, 0.25) is 0 Å². The van der Waals surface area contributed by atoms with Gasteiger partial charge in [-0.05, 0) is 78.1 Å². The van der Waals surface area contributed by atoms with Crippen LogP contribution in [0.3, 0.4) is 0 Å². The first-order valence-electron chi connectivity index (χ1n) is 14.9. The molecule has 1 N–H and O–H groups in total. The highest BCUT2D eigenvalue weighted by Crippen LogP contribution is 2.33. The second kappa shape index (κ2) is 13.1. The van der Waals surface area contributed by atoms with Crippen molar-refractivity contribution in [2.45, 2.75) is 38.1 Å². The van der Waals surface area contributed by atoms with Gasteiger partial charge in [-0.25, -0.2) is 4.39 Å². The molecule has 6 heteroatoms. The van der Waals surface area contributed by atoms with E-state index in [2.05, 4.69) is 47.8 Å². The van der Waals surface area contributed by atoms with Gasteiger partial charge in [-0.15, -0.1) is 0 Å². The molecule has 0 spiro atoms. The first-order chi connectivity index (χ1) is 21.1. The third-order valence-electron chi connectivity index (χ3n) is 8.46. The van der Waals surface area contributed by atoms with E-state index in [4.69, 9.17) is 9.72 Å². The molecule has 0 unspecified atom stereocenters. The van der Waals surface area contributed by atoms with Gasteiger partial charge in [0.1, 0.15) is 11.6 Å². The summed E-state index contributed by atoms with van der Waals surface area (Å²) < 4.78 is 19.3. The Morgan fingerprint density at radius 2 is 1.67 bits per heavy atom. The number of hydrogen-bond donors (Lipinski definition) is 1. The number of pyridine rings is 1. The summed E-state index contributed by atoms with van der Waals surface area (Å²) in [5.41, 5.74) is 6.64. The van der Waals surface area contributed by atoms with Crippen LogP contribution in [0.15, 0.2) is 103 Å². The molecule has 0 aliphatic carbocycles. The molecule has 1 fully saturated rings. The number of rotatable bonds is 9. The molecular weight excluding hydrogens is 537 g/mol. The lowest BCUT2D eigenvalue weighted by Gasteiger charge is -2.33. The average Bonchev–Trinajstić information content (AvgIpc) is 3.06. The van der Waals surface area contributed by atoms with Gasteiger partial charge in [0.15, 0.2) is 0 Å². The number of nitrogens with zero attached hydrogens (tertiary/aromatic N) is 2. The van der Waals surface area contributed by atoms with Crippen molar-refractivity contribution in [1.82, 2.24) is 9.88 Å². The molecule has 0 bridgehead atoms. The van der Waals surface area contributed by atoms with Gasteiger partial charge in [-0.2, -0.15) is 0 Å². The lowest BCUT2D eigenvalue weighted by molar-refractivity contribution is 0.0713. The third kappa shape index (κ3) is 6.54. The Bertz CT molecular complexity index is 1700. The number of ether oxygens (including phenoxy) is 1. The van der Waals surface area contributed by atoms with E-state index in [1.54, 1.807) is 19.4 Å². The number of carbonyl (C=O) groups excluding carboxylic acids is 1. The van der Waals surface area contributed by atoms with E-state index >= 15 is 0 Å². The van der Waals surface area contributed by atoms with Crippen molar-refractivity contribution in [3.05, 3.63) is 137 Å². The van der Waals surface area contributed by atoms with Crippen LogP contribution in [0, 0.1) is 5.82 Å². The van der Waals surface area contributed by atoms with Gasteiger partial charge in [0.25, 0.3) is 5.91 Å². The Hall–Kier alpha value is -4.71. The highest BCUT2D eigenvalue weighted by Gasteiger charge is 2.27. The first kappa shape index (κ1) is 28.4. The van der Waals surface area contributed by atoms with E-state index in [-0.39, 0.29) is 11.7 Å². The van der Waals surface area contributed by atoms with Crippen molar-refractivity contribution in [3.8, 4) is 5.75 Å². The molecule has 4 aromatic carbocycles. The van der Waals surface area contributed by atoms with Gasteiger partial charge >= 0.3 is 0 Å². The highest BCUT2D eigenvalue weighted by molar-refractivity contribution is 6.07. The number of amides is 1. The smallest absolute Gasteiger partial charge is 0.257 e. The molecule has 43 heavy (non-hydrogen) atoms. The van der Waals surface area contributed by atoms with Crippen LogP contribution in [0.2, 0.25) is 0 Å². The SMILES string of the molecule is COc1ccc(CCc2cccc3c(NCc4cccc(F)c4)c(C(=O)N4CCC(c5ccccc5)CC4)cnc23)cc1. The van der Waals surface area contributed by atoms with Gasteiger partial charge < -0.3 is 15.0 Å². The van der Waals surface area contributed by atoms with Crippen LogP contribution < -0.4 is 10.1 Å². The molecule has 0 saturated carbocycles. The second-order valence-electron chi connectivity index (χ2n) is 11.2. The molecule has 1 aliphatic rings. The largest absolute Gasteiger partial charge is 0.497 e. The number of nitrogens with one attached hydrogen (secondary N) is 1. The van der Waals surface area contributed by atoms with Gasteiger partial charge in [-0.1, -0.05) is 72.8 Å². The molecule has 1 saturated heterocycles. The van der Waals surface area contributed by atoms with E-state index in [9.17, 15) is 9.18 Å². The Labute approximate surface area is 252 Å². The Morgan fingerprint density at radius 3 is 2.42 bits per heavy atom. The molecule has 1 amide bonds.